The van der Waals surface area contributed by atoms with Crippen molar-refractivity contribution in [3.63, 3.8) is 0 Å². The summed E-state index contributed by atoms with van der Waals surface area (Å²) < 4.78 is 18.0. The number of hydrogen-bond donors (Lipinski definition) is 1. The van der Waals surface area contributed by atoms with Crippen LogP contribution < -0.4 is 5.56 Å². The maximum absolute atomic E-state index is 12.9. The zero-order chi connectivity index (χ0) is 19.9. The molecule has 1 aromatic carbocycles. The van der Waals surface area contributed by atoms with E-state index in [2.05, 4.69) is 20.5 Å². The predicted molar refractivity (Wildman–Crippen MR) is 105 cm³/mol. The molecule has 2 aromatic heterocycles. The first-order valence-electron chi connectivity index (χ1n) is 8.84. The summed E-state index contributed by atoms with van der Waals surface area (Å²) in [6.07, 6.45) is 3.41. The van der Waals surface area contributed by atoms with Gasteiger partial charge in [-0.2, -0.15) is 15.9 Å². The highest BCUT2D eigenvalue weighted by atomic mass is 32.2. The van der Waals surface area contributed by atoms with Crippen molar-refractivity contribution >= 4 is 10.6 Å². The van der Waals surface area contributed by atoms with Gasteiger partial charge in [0.2, 0.25) is 0 Å². The molecule has 0 bridgehead atoms. The fraction of sp³-hybridized carbons (Fsp3) is 0.250. The number of nitriles is 1. The zero-order valence-corrected chi connectivity index (χ0v) is 16.3. The average molecular weight is 392 g/mol. The van der Waals surface area contributed by atoms with E-state index in [-0.39, 0.29) is 11.1 Å². The summed E-state index contributed by atoms with van der Waals surface area (Å²) in [6, 6.07) is 12.3. The second-order valence-electron chi connectivity index (χ2n) is 7.13. The van der Waals surface area contributed by atoms with Crippen LogP contribution in [0.15, 0.2) is 56.6 Å². The topological polar surface area (TPSA) is 104 Å². The van der Waals surface area contributed by atoms with E-state index in [0.717, 1.165) is 18.4 Å². The fourth-order valence-electron chi connectivity index (χ4n) is 2.89. The van der Waals surface area contributed by atoms with Crippen LogP contribution >= 0.6 is 0 Å². The second kappa shape index (κ2) is 6.77. The third-order valence-corrected chi connectivity index (χ3v) is 6.05. The van der Waals surface area contributed by atoms with Gasteiger partial charge in [0, 0.05) is 17.4 Å². The van der Waals surface area contributed by atoms with Gasteiger partial charge in [0.25, 0.3) is 5.56 Å². The molecule has 0 aliphatic heterocycles. The Hall–Kier alpha value is -3.18. The number of aromatic nitrogens is 3. The molecule has 0 atom stereocenters. The third kappa shape index (κ3) is 3.37. The predicted octanol–water partition coefficient (Wildman–Crippen LogP) is 3.47. The number of aryl methyl sites for hydroxylation is 1. The van der Waals surface area contributed by atoms with E-state index in [1.54, 1.807) is 36.4 Å². The number of rotatable bonds is 4. The van der Waals surface area contributed by atoms with E-state index in [1.807, 2.05) is 13.8 Å². The number of H-pyrrole nitrogens is 1. The maximum Gasteiger partial charge on any atom is 0.280 e. The molecule has 1 fully saturated rings. The molecule has 1 N–H and O–H groups in total. The van der Waals surface area contributed by atoms with Gasteiger partial charge in [-0.25, -0.2) is 9.67 Å². The monoisotopic (exact) mass is 392 g/mol. The van der Waals surface area contributed by atoms with E-state index < -0.39 is 10.6 Å². The highest BCUT2D eigenvalue weighted by Crippen LogP contribution is 2.39. The molecular weight excluding hydrogens is 374 g/mol. The smallest absolute Gasteiger partial charge is 0.280 e. The molecule has 0 saturated heterocycles. The van der Waals surface area contributed by atoms with Crippen LogP contribution in [0.25, 0.3) is 16.9 Å². The minimum Gasteiger partial charge on any atom is -0.440 e. The molecule has 0 amide bonds. The lowest BCUT2D eigenvalue weighted by molar-refractivity contribution is 0.595. The Kier molecular flexibility index (Phi) is 4.40. The van der Waals surface area contributed by atoms with Gasteiger partial charge in [-0.1, -0.05) is 23.1 Å². The largest absolute Gasteiger partial charge is 0.440 e. The van der Waals surface area contributed by atoms with Gasteiger partial charge in [0.15, 0.2) is 5.82 Å². The number of nitrogens with one attached hydrogen (secondary N) is 1. The van der Waals surface area contributed by atoms with Gasteiger partial charge in [-0.3, -0.25) is 9.89 Å². The molecule has 1 aliphatic carbocycles. The molecule has 142 valence electrons. The van der Waals surface area contributed by atoms with Crippen molar-refractivity contribution in [3.05, 3.63) is 64.2 Å². The second-order valence-corrected chi connectivity index (χ2v) is 8.28. The van der Waals surface area contributed by atoms with Crippen molar-refractivity contribution in [3.8, 4) is 23.0 Å². The Morgan fingerprint density at radius 1 is 1.25 bits per heavy atom. The van der Waals surface area contributed by atoms with Gasteiger partial charge in [0.05, 0.1) is 17.2 Å². The minimum atomic E-state index is -1.45. The van der Waals surface area contributed by atoms with Crippen LogP contribution in [0, 0.1) is 18.3 Å². The Morgan fingerprint density at radius 3 is 2.54 bits per heavy atom. The Bertz CT molecular complexity index is 1220. The van der Waals surface area contributed by atoms with Gasteiger partial charge < -0.3 is 8.57 Å². The zero-order valence-electron chi connectivity index (χ0n) is 15.5. The van der Waals surface area contributed by atoms with Gasteiger partial charge in [-0.05, 0) is 50.5 Å². The van der Waals surface area contributed by atoms with Crippen LogP contribution in [0.4, 0.5) is 0 Å². The summed E-state index contributed by atoms with van der Waals surface area (Å²) >= 11 is 0. The first kappa shape index (κ1) is 18.2. The first-order chi connectivity index (χ1) is 13.4. The minimum absolute atomic E-state index is 0.174. The normalized spacial score (nSPS) is 15.9. The molecule has 0 radical (unpaired) electrons. The van der Waals surface area contributed by atoms with Crippen LogP contribution in [-0.4, -0.2) is 20.3 Å². The summed E-state index contributed by atoms with van der Waals surface area (Å²) in [5, 5.41) is 12.0. The summed E-state index contributed by atoms with van der Waals surface area (Å²) in [5.41, 5.74) is 2.07. The van der Waals surface area contributed by atoms with Crippen LogP contribution in [0.5, 0.6) is 0 Å². The number of pyridine rings is 1. The quantitative estimate of drug-likeness (QED) is 0.687. The summed E-state index contributed by atoms with van der Waals surface area (Å²) in [4.78, 5) is 17.7. The lowest BCUT2D eigenvalue weighted by Crippen LogP contribution is -2.16. The van der Waals surface area contributed by atoms with Crippen molar-refractivity contribution < 1.29 is 4.21 Å². The number of benzene rings is 1. The van der Waals surface area contributed by atoms with Crippen LogP contribution in [0.3, 0.4) is 0 Å². The van der Waals surface area contributed by atoms with Gasteiger partial charge in [0.1, 0.15) is 0 Å². The SMILES string of the molecule is Cc1[nH]n(-c2ccc([S-](=O)=NC3(C)CC3)cn2)c(=O)c1-c1ccc(C#N)cc1. The molecule has 8 heteroatoms. The molecule has 28 heavy (non-hydrogen) atoms. The van der Waals surface area contributed by atoms with Crippen LogP contribution in [-0.2, 0) is 14.8 Å². The Balaban J connectivity index is 1.68. The lowest BCUT2D eigenvalue weighted by atomic mass is 10.1. The molecule has 1 aliphatic rings. The summed E-state index contributed by atoms with van der Waals surface area (Å²) in [7, 11) is -1.45. The van der Waals surface area contributed by atoms with Crippen molar-refractivity contribution in [2.75, 3.05) is 0 Å². The van der Waals surface area contributed by atoms with Crippen molar-refractivity contribution in [2.45, 2.75) is 37.1 Å². The van der Waals surface area contributed by atoms with Gasteiger partial charge >= 0.3 is 0 Å². The number of hydrogen-bond acceptors (Lipinski definition) is 6. The first-order valence-corrected chi connectivity index (χ1v) is 9.94. The molecular formula is C20H18N5O2S-. The van der Waals surface area contributed by atoms with E-state index >= 15 is 0 Å². The third-order valence-electron chi connectivity index (χ3n) is 4.80. The van der Waals surface area contributed by atoms with E-state index in [0.29, 0.717) is 27.5 Å². The van der Waals surface area contributed by atoms with Crippen molar-refractivity contribution in [2.24, 2.45) is 4.36 Å². The van der Waals surface area contributed by atoms with Crippen molar-refractivity contribution in [1.29, 1.82) is 5.26 Å². The summed E-state index contributed by atoms with van der Waals surface area (Å²) in [6.45, 7) is 3.79. The van der Waals surface area contributed by atoms with Gasteiger partial charge in [-0.15, -0.1) is 0 Å². The Morgan fingerprint density at radius 2 is 1.96 bits per heavy atom. The number of aromatic amines is 1. The van der Waals surface area contributed by atoms with Crippen LogP contribution in [0.1, 0.15) is 31.0 Å². The molecule has 1 saturated carbocycles. The average Bonchev–Trinajstić information content (AvgIpc) is 3.35. The Labute approximate surface area is 163 Å². The molecule has 4 rings (SSSR count). The molecule has 0 unspecified atom stereocenters. The fourth-order valence-corrected chi connectivity index (χ4v) is 3.91. The van der Waals surface area contributed by atoms with E-state index in [1.165, 1.54) is 10.9 Å². The van der Waals surface area contributed by atoms with Crippen LogP contribution in [0.2, 0.25) is 0 Å². The standard InChI is InChI=1S/C20H18N5O2S/c1-13-18(15-5-3-14(11-21)4-6-15)19(26)25(23-13)17-8-7-16(12-22-17)28(27)24-20(2)9-10-20/h3-8,12,23H,9-10H2,1-2H3/q-1. The highest BCUT2D eigenvalue weighted by molar-refractivity contribution is 7.74. The highest BCUT2D eigenvalue weighted by Gasteiger charge is 2.34. The molecule has 7 nitrogen and oxygen atoms in total. The maximum atomic E-state index is 12.9. The molecule has 2 heterocycles. The lowest BCUT2D eigenvalue weighted by Gasteiger charge is -2.10. The molecule has 3 aromatic rings. The van der Waals surface area contributed by atoms with Crippen molar-refractivity contribution in [1.82, 2.24) is 14.8 Å². The molecule has 0 spiro atoms. The van der Waals surface area contributed by atoms with E-state index in [9.17, 15) is 9.00 Å². The summed E-state index contributed by atoms with van der Waals surface area (Å²) in [5.74, 6) is 0.409. The van der Waals surface area contributed by atoms with E-state index in [4.69, 9.17) is 5.26 Å². The number of nitrogens with zero attached hydrogens (tertiary/aromatic N) is 4.